The first kappa shape index (κ1) is 20.7. The van der Waals surface area contributed by atoms with E-state index in [1.165, 1.54) is 12.1 Å². The molecular weight excluding hydrogens is 447 g/mol. The number of rotatable bonds is 6. The Bertz CT molecular complexity index is 1400. The van der Waals surface area contributed by atoms with Crippen molar-refractivity contribution < 1.29 is 8.81 Å². The monoisotopic (exact) mass is 464 g/mol. The molecule has 0 atom stereocenters. The van der Waals surface area contributed by atoms with Gasteiger partial charge < -0.3 is 4.42 Å². The third-order valence-electron chi connectivity index (χ3n) is 5.02. The molecule has 0 aliphatic heterocycles. The summed E-state index contributed by atoms with van der Waals surface area (Å²) in [5.74, 6) is 1.67. The minimum Gasteiger partial charge on any atom is -0.441 e. The van der Waals surface area contributed by atoms with E-state index in [4.69, 9.17) is 26.0 Å². The van der Waals surface area contributed by atoms with Gasteiger partial charge in [-0.15, -0.1) is 0 Å². The molecule has 0 aliphatic rings. The zero-order valence-corrected chi connectivity index (χ0v) is 18.7. The Kier molecular flexibility index (Phi) is 5.68. The van der Waals surface area contributed by atoms with Crippen LogP contribution in [0.2, 0.25) is 5.02 Å². The quantitative estimate of drug-likeness (QED) is 0.267. The van der Waals surface area contributed by atoms with Crippen LogP contribution in [0, 0.1) is 12.7 Å². The lowest BCUT2D eigenvalue weighted by Gasteiger charge is -2.07. The molecule has 3 aromatic heterocycles. The van der Waals surface area contributed by atoms with Gasteiger partial charge in [0.2, 0.25) is 5.89 Å². The fraction of sp³-hybridized carbons (Fsp3) is 0.125. The smallest absolute Gasteiger partial charge is 0.226 e. The van der Waals surface area contributed by atoms with E-state index in [0.717, 1.165) is 38.9 Å². The summed E-state index contributed by atoms with van der Waals surface area (Å²) in [5.41, 5.74) is 4.23. The summed E-state index contributed by atoms with van der Waals surface area (Å²) in [6.07, 6.45) is 1.75. The average molecular weight is 465 g/mol. The molecule has 5 rings (SSSR count). The molecule has 2 aromatic carbocycles. The summed E-state index contributed by atoms with van der Waals surface area (Å²) in [7, 11) is 0. The Hall–Kier alpha value is -3.16. The second kappa shape index (κ2) is 8.76. The summed E-state index contributed by atoms with van der Waals surface area (Å²) >= 11 is 7.70. The molecule has 8 heteroatoms. The van der Waals surface area contributed by atoms with Crippen molar-refractivity contribution in [1.29, 1.82) is 0 Å². The van der Waals surface area contributed by atoms with Crippen molar-refractivity contribution in [3.8, 4) is 11.5 Å². The van der Waals surface area contributed by atoms with E-state index in [9.17, 15) is 4.39 Å². The predicted octanol–water partition coefficient (Wildman–Crippen LogP) is 6.53. The Labute approximate surface area is 193 Å². The van der Waals surface area contributed by atoms with Gasteiger partial charge in [0, 0.05) is 22.5 Å². The molecule has 0 aliphatic carbocycles. The van der Waals surface area contributed by atoms with Crippen LogP contribution in [0.15, 0.2) is 76.4 Å². The summed E-state index contributed by atoms with van der Waals surface area (Å²) in [5, 5.41) is 1.44. The average Bonchev–Trinajstić information content (AvgIpc) is 3.34. The first-order valence-corrected chi connectivity index (χ1v) is 11.3. The summed E-state index contributed by atoms with van der Waals surface area (Å²) in [4.78, 5) is 14.0. The van der Waals surface area contributed by atoms with Crippen LogP contribution in [0.1, 0.15) is 17.0 Å². The summed E-state index contributed by atoms with van der Waals surface area (Å²) in [6, 6.07) is 17.7. The maximum absolute atomic E-state index is 13.2. The number of nitrogens with zero attached hydrogens (tertiary/aromatic N) is 4. The number of imidazole rings is 1. The number of halogens is 2. The van der Waals surface area contributed by atoms with Crippen LogP contribution in [0.5, 0.6) is 0 Å². The molecule has 0 fully saturated rings. The van der Waals surface area contributed by atoms with E-state index in [-0.39, 0.29) is 5.82 Å². The number of pyridine rings is 1. The van der Waals surface area contributed by atoms with Gasteiger partial charge in [-0.25, -0.2) is 19.3 Å². The molecule has 0 unspecified atom stereocenters. The predicted molar refractivity (Wildman–Crippen MR) is 124 cm³/mol. The molecule has 0 radical (unpaired) electrons. The molecule has 5 aromatic rings. The minimum absolute atomic E-state index is 0.243. The van der Waals surface area contributed by atoms with E-state index in [1.807, 2.05) is 47.9 Å². The first-order valence-electron chi connectivity index (χ1n) is 9.97. The highest BCUT2D eigenvalue weighted by atomic mass is 35.5. The highest BCUT2D eigenvalue weighted by molar-refractivity contribution is 7.98. The van der Waals surface area contributed by atoms with E-state index in [0.29, 0.717) is 23.2 Å². The van der Waals surface area contributed by atoms with Crippen molar-refractivity contribution in [1.82, 2.24) is 19.5 Å². The molecule has 5 nitrogen and oxygen atoms in total. The van der Waals surface area contributed by atoms with Crippen molar-refractivity contribution >= 4 is 34.5 Å². The summed E-state index contributed by atoms with van der Waals surface area (Å²) in [6.45, 7) is 2.36. The first-order chi connectivity index (χ1) is 15.6. The maximum Gasteiger partial charge on any atom is 0.226 e. The molecule has 0 amide bonds. The molecule has 0 saturated heterocycles. The second-order valence-electron chi connectivity index (χ2n) is 7.27. The molecule has 0 N–H and O–H groups in total. The molecule has 0 spiro atoms. The number of aryl methyl sites for hydroxylation is 1. The van der Waals surface area contributed by atoms with Gasteiger partial charge in [0.15, 0.2) is 10.8 Å². The van der Waals surface area contributed by atoms with Gasteiger partial charge in [-0.05, 0) is 55.0 Å². The van der Waals surface area contributed by atoms with Gasteiger partial charge in [-0.2, -0.15) is 0 Å². The lowest BCUT2D eigenvalue weighted by Crippen LogP contribution is -2.04. The number of fused-ring (bicyclic) bond motifs is 1. The second-order valence-corrected chi connectivity index (χ2v) is 8.65. The number of benzene rings is 2. The Morgan fingerprint density at radius 1 is 1.06 bits per heavy atom. The standard InChI is InChI=1S/C24H18ClFN4OS/c1-15-21(28-23(31-15)17-4-2-5-18(25)12-17)13-30-22-20(6-3-11-27-22)29-24(30)32-14-16-7-9-19(26)10-8-16/h2-12H,13-14H2,1H3. The lowest BCUT2D eigenvalue weighted by molar-refractivity contribution is 0.537. The van der Waals surface area contributed by atoms with Crippen molar-refractivity contribution in [2.45, 2.75) is 24.4 Å². The fourth-order valence-corrected chi connectivity index (χ4v) is 4.54. The van der Waals surface area contributed by atoms with Crippen LogP contribution in [-0.4, -0.2) is 19.5 Å². The summed E-state index contributed by atoms with van der Waals surface area (Å²) < 4.78 is 21.2. The van der Waals surface area contributed by atoms with E-state index in [2.05, 4.69) is 4.98 Å². The van der Waals surface area contributed by atoms with Crippen LogP contribution in [0.4, 0.5) is 4.39 Å². The highest BCUT2D eigenvalue weighted by Crippen LogP contribution is 2.29. The normalized spacial score (nSPS) is 11.3. The number of thioether (sulfide) groups is 1. The molecule has 0 saturated carbocycles. The van der Waals surface area contributed by atoms with Gasteiger partial charge in [0.25, 0.3) is 0 Å². The van der Waals surface area contributed by atoms with E-state index in [1.54, 1.807) is 30.1 Å². The zero-order chi connectivity index (χ0) is 22.1. The maximum atomic E-state index is 13.2. The lowest BCUT2D eigenvalue weighted by atomic mass is 10.2. The third kappa shape index (κ3) is 4.26. The van der Waals surface area contributed by atoms with Crippen molar-refractivity contribution in [3.63, 3.8) is 0 Å². The Balaban J connectivity index is 1.47. The number of hydrogen-bond donors (Lipinski definition) is 0. The molecule has 0 bridgehead atoms. The Morgan fingerprint density at radius 3 is 2.72 bits per heavy atom. The van der Waals surface area contributed by atoms with Crippen LogP contribution in [0.25, 0.3) is 22.6 Å². The fourth-order valence-electron chi connectivity index (χ4n) is 3.39. The Morgan fingerprint density at radius 2 is 1.91 bits per heavy atom. The van der Waals surface area contributed by atoms with Gasteiger partial charge in [-0.3, -0.25) is 4.57 Å². The van der Waals surface area contributed by atoms with Crippen LogP contribution in [0.3, 0.4) is 0 Å². The SMILES string of the molecule is Cc1oc(-c2cccc(Cl)c2)nc1Cn1c(SCc2ccc(F)cc2)nc2cccnc21. The number of hydrogen-bond acceptors (Lipinski definition) is 5. The third-order valence-corrected chi connectivity index (χ3v) is 6.30. The van der Waals surface area contributed by atoms with E-state index < -0.39 is 0 Å². The molecular formula is C24H18ClFN4OS. The van der Waals surface area contributed by atoms with Gasteiger partial charge in [0.05, 0.1) is 6.54 Å². The zero-order valence-electron chi connectivity index (χ0n) is 17.1. The van der Waals surface area contributed by atoms with Crippen molar-refractivity contribution in [2.75, 3.05) is 0 Å². The van der Waals surface area contributed by atoms with Crippen molar-refractivity contribution in [2.24, 2.45) is 0 Å². The van der Waals surface area contributed by atoms with Crippen LogP contribution in [-0.2, 0) is 12.3 Å². The minimum atomic E-state index is -0.243. The highest BCUT2D eigenvalue weighted by Gasteiger charge is 2.18. The number of aromatic nitrogens is 4. The van der Waals surface area contributed by atoms with Crippen LogP contribution < -0.4 is 0 Å². The van der Waals surface area contributed by atoms with Gasteiger partial charge in [-0.1, -0.05) is 41.6 Å². The van der Waals surface area contributed by atoms with Crippen molar-refractivity contribution in [3.05, 3.63) is 94.7 Å². The van der Waals surface area contributed by atoms with Crippen LogP contribution >= 0.6 is 23.4 Å². The molecule has 3 heterocycles. The number of oxazole rings is 1. The molecule has 160 valence electrons. The van der Waals surface area contributed by atoms with Gasteiger partial charge >= 0.3 is 0 Å². The topological polar surface area (TPSA) is 56.7 Å². The van der Waals surface area contributed by atoms with E-state index >= 15 is 0 Å². The van der Waals surface area contributed by atoms with Gasteiger partial charge in [0.1, 0.15) is 22.8 Å². The largest absolute Gasteiger partial charge is 0.441 e. The molecule has 32 heavy (non-hydrogen) atoms.